The van der Waals surface area contributed by atoms with E-state index in [0.29, 0.717) is 12.1 Å². The van der Waals surface area contributed by atoms with E-state index >= 15 is 0 Å². The smallest absolute Gasteiger partial charge is 0.316 e. The lowest BCUT2D eigenvalue weighted by Crippen LogP contribution is -2.25. The molecule has 1 amide bonds. The maximum absolute atomic E-state index is 11.8. The molecule has 2 aromatic heterocycles. The van der Waals surface area contributed by atoms with Crippen LogP contribution in [0, 0.1) is 6.92 Å². The van der Waals surface area contributed by atoms with E-state index in [1.165, 1.54) is 19.5 Å². The van der Waals surface area contributed by atoms with Crippen LogP contribution in [0.1, 0.15) is 22.6 Å². The van der Waals surface area contributed by atoms with Gasteiger partial charge in [0, 0.05) is 37.9 Å². The number of methoxy groups -OCH3 is 1. The highest BCUT2D eigenvalue weighted by molar-refractivity contribution is 5.93. The second-order valence-corrected chi connectivity index (χ2v) is 4.24. The molecule has 0 atom stereocenters. The molecule has 0 spiro atoms. The number of hydrogen-bond acceptors (Lipinski definition) is 5. The van der Waals surface area contributed by atoms with E-state index in [0.717, 1.165) is 18.8 Å². The maximum Gasteiger partial charge on any atom is 0.316 e. The van der Waals surface area contributed by atoms with Crippen LogP contribution in [0.15, 0.2) is 24.8 Å². The fourth-order valence-electron chi connectivity index (χ4n) is 1.73. The molecule has 2 aromatic rings. The summed E-state index contributed by atoms with van der Waals surface area (Å²) in [5.41, 5.74) is 0.421. The van der Waals surface area contributed by atoms with Crippen molar-refractivity contribution in [2.24, 2.45) is 0 Å². The van der Waals surface area contributed by atoms with Gasteiger partial charge in [0.25, 0.3) is 5.91 Å². The van der Waals surface area contributed by atoms with Crippen molar-refractivity contribution >= 4 is 5.91 Å². The fourth-order valence-corrected chi connectivity index (χ4v) is 1.73. The summed E-state index contributed by atoms with van der Waals surface area (Å²) in [5, 5.41) is 2.82. The average molecular weight is 275 g/mol. The van der Waals surface area contributed by atoms with E-state index in [1.54, 1.807) is 6.20 Å². The van der Waals surface area contributed by atoms with Crippen LogP contribution in [0.25, 0.3) is 0 Å². The number of carbonyl (C=O) groups is 1. The predicted molar refractivity (Wildman–Crippen MR) is 72.5 cm³/mol. The van der Waals surface area contributed by atoms with E-state index in [1.807, 2.05) is 17.7 Å². The minimum absolute atomic E-state index is 0.185. The average Bonchev–Trinajstić information content (AvgIpc) is 2.89. The topological polar surface area (TPSA) is 81.9 Å². The quantitative estimate of drug-likeness (QED) is 0.789. The van der Waals surface area contributed by atoms with Crippen molar-refractivity contribution in [3.05, 3.63) is 36.2 Å². The number of aromatic nitrogens is 4. The van der Waals surface area contributed by atoms with Crippen molar-refractivity contribution in [3.8, 4) is 6.01 Å². The monoisotopic (exact) mass is 275 g/mol. The molecule has 0 bridgehead atoms. The molecule has 0 aliphatic rings. The summed E-state index contributed by atoms with van der Waals surface area (Å²) in [4.78, 5) is 23.7. The summed E-state index contributed by atoms with van der Waals surface area (Å²) in [6, 6.07) is 0.247. The lowest BCUT2D eigenvalue weighted by atomic mass is 10.3. The van der Waals surface area contributed by atoms with E-state index in [9.17, 15) is 4.79 Å². The van der Waals surface area contributed by atoms with Crippen molar-refractivity contribution in [1.29, 1.82) is 0 Å². The molecule has 0 saturated heterocycles. The van der Waals surface area contributed by atoms with Crippen LogP contribution >= 0.6 is 0 Å². The molecule has 0 aromatic carbocycles. The summed E-state index contributed by atoms with van der Waals surface area (Å²) < 4.78 is 6.88. The van der Waals surface area contributed by atoms with Crippen molar-refractivity contribution in [2.45, 2.75) is 19.9 Å². The Bertz CT molecular complexity index is 564. The number of aryl methyl sites for hydroxylation is 2. The third-order valence-electron chi connectivity index (χ3n) is 2.86. The van der Waals surface area contributed by atoms with E-state index < -0.39 is 0 Å². The normalized spacial score (nSPS) is 10.3. The highest BCUT2D eigenvalue weighted by Gasteiger charge is 2.06. The van der Waals surface area contributed by atoms with Crippen LogP contribution < -0.4 is 10.1 Å². The number of hydrogen-bond donors (Lipinski definition) is 1. The number of carbonyl (C=O) groups excluding carboxylic acids is 1. The summed E-state index contributed by atoms with van der Waals surface area (Å²) in [6.45, 7) is 3.36. The highest BCUT2D eigenvalue weighted by atomic mass is 16.5. The van der Waals surface area contributed by atoms with E-state index in [-0.39, 0.29) is 11.9 Å². The Kier molecular flexibility index (Phi) is 4.65. The summed E-state index contributed by atoms with van der Waals surface area (Å²) >= 11 is 0. The lowest BCUT2D eigenvalue weighted by Gasteiger charge is -2.07. The number of nitrogens with one attached hydrogen (secondary N) is 1. The van der Waals surface area contributed by atoms with Crippen LogP contribution in [-0.4, -0.2) is 39.1 Å². The molecule has 1 N–H and O–H groups in total. The molecule has 0 aliphatic carbocycles. The standard InChI is InChI=1S/C13H17N5O2/c1-10-14-5-7-18(10)6-3-4-15-12(19)11-8-16-13(20-2)17-9-11/h5,7-9H,3-4,6H2,1-2H3,(H,15,19). The van der Waals surface area contributed by atoms with Gasteiger partial charge in [0.05, 0.1) is 12.7 Å². The molecule has 2 heterocycles. The van der Waals surface area contributed by atoms with E-state index in [2.05, 4.69) is 20.3 Å². The first-order chi connectivity index (χ1) is 9.70. The van der Waals surface area contributed by atoms with Gasteiger partial charge in [-0.05, 0) is 13.3 Å². The third-order valence-corrected chi connectivity index (χ3v) is 2.86. The van der Waals surface area contributed by atoms with Gasteiger partial charge in [-0.15, -0.1) is 0 Å². The van der Waals surface area contributed by atoms with Crippen LogP contribution in [0.5, 0.6) is 6.01 Å². The Morgan fingerprint density at radius 1 is 1.35 bits per heavy atom. The third kappa shape index (κ3) is 3.53. The highest BCUT2D eigenvalue weighted by Crippen LogP contribution is 2.01. The zero-order valence-corrected chi connectivity index (χ0v) is 11.5. The van der Waals surface area contributed by atoms with Gasteiger partial charge in [-0.25, -0.2) is 15.0 Å². The first-order valence-electron chi connectivity index (χ1n) is 6.32. The second-order valence-electron chi connectivity index (χ2n) is 4.24. The summed E-state index contributed by atoms with van der Waals surface area (Å²) in [5.74, 6) is 0.787. The molecule has 0 fully saturated rings. The van der Waals surface area contributed by atoms with E-state index in [4.69, 9.17) is 4.74 Å². The maximum atomic E-state index is 11.8. The van der Waals surface area contributed by atoms with Gasteiger partial charge in [0.2, 0.25) is 0 Å². The molecule has 20 heavy (non-hydrogen) atoms. The van der Waals surface area contributed by atoms with Crippen LogP contribution in [0.2, 0.25) is 0 Å². The van der Waals surface area contributed by atoms with Crippen LogP contribution in [0.3, 0.4) is 0 Å². The molecule has 0 aliphatic heterocycles. The molecule has 106 valence electrons. The number of nitrogens with zero attached hydrogens (tertiary/aromatic N) is 4. The second kappa shape index (κ2) is 6.65. The van der Waals surface area contributed by atoms with Gasteiger partial charge in [-0.1, -0.05) is 0 Å². The lowest BCUT2D eigenvalue weighted by molar-refractivity contribution is 0.0952. The summed E-state index contributed by atoms with van der Waals surface area (Å²) in [6.07, 6.45) is 7.42. The number of rotatable bonds is 6. The number of amides is 1. The Morgan fingerprint density at radius 3 is 2.70 bits per heavy atom. The fraction of sp³-hybridized carbons (Fsp3) is 0.385. The van der Waals surface area contributed by atoms with Crippen molar-refractivity contribution in [2.75, 3.05) is 13.7 Å². The van der Waals surface area contributed by atoms with Gasteiger partial charge >= 0.3 is 6.01 Å². The molecule has 2 rings (SSSR count). The largest absolute Gasteiger partial charge is 0.467 e. The molecule has 0 radical (unpaired) electrons. The van der Waals surface area contributed by atoms with Gasteiger partial charge in [-0.3, -0.25) is 4.79 Å². The van der Waals surface area contributed by atoms with Crippen molar-refractivity contribution < 1.29 is 9.53 Å². The van der Waals surface area contributed by atoms with Crippen LogP contribution in [-0.2, 0) is 6.54 Å². The van der Waals surface area contributed by atoms with Gasteiger partial charge < -0.3 is 14.6 Å². The molecule has 7 nitrogen and oxygen atoms in total. The molecule has 0 saturated carbocycles. The predicted octanol–water partition coefficient (Wildman–Crippen LogP) is 0.810. The number of ether oxygens (including phenoxy) is 1. The molecule has 7 heteroatoms. The minimum Gasteiger partial charge on any atom is -0.467 e. The first kappa shape index (κ1) is 14.0. The Balaban J connectivity index is 1.76. The van der Waals surface area contributed by atoms with Crippen molar-refractivity contribution in [1.82, 2.24) is 24.8 Å². The zero-order valence-electron chi connectivity index (χ0n) is 11.5. The Hall–Kier alpha value is -2.44. The minimum atomic E-state index is -0.185. The van der Waals surface area contributed by atoms with Crippen LogP contribution in [0.4, 0.5) is 0 Å². The van der Waals surface area contributed by atoms with Gasteiger partial charge in [0.15, 0.2) is 0 Å². The van der Waals surface area contributed by atoms with Gasteiger partial charge in [-0.2, -0.15) is 0 Å². The Morgan fingerprint density at radius 2 is 2.10 bits per heavy atom. The molecular weight excluding hydrogens is 258 g/mol. The molecular formula is C13H17N5O2. The Labute approximate surface area is 117 Å². The van der Waals surface area contributed by atoms with Gasteiger partial charge in [0.1, 0.15) is 5.82 Å². The zero-order chi connectivity index (χ0) is 14.4. The summed E-state index contributed by atoms with van der Waals surface area (Å²) in [7, 11) is 1.48. The van der Waals surface area contributed by atoms with Crippen molar-refractivity contribution in [3.63, 3.8) is 0 Å². The first-order valence-corrected chi connectivity index (χ1v) is 6.32. The number of imidazole rings is 1. The molecule has 0 unspecified atom stereocenters. The SMILES string of the molecule is COc1ncc(C(=O)NCCCn2ccnc2C)cn1.